The number of furan rings is 1. The minimum Gasteiger partial charge on any atom is -0.460 e. The van der Waals surface area contributed by atoms with E-state index >= 15 is 0 Å². The van der Waals surface area contributed by atoms with Crippen molar-refractivity contribution in [3.63, 3.8) is 0 Å². The summed E-state index contributed by atoms with van der Waals surface area (Å²) in [5, 5.41) is 12.7. The topological polar surface area (TPSA) is 80.9 Å². The number of rotatable bonds is 6. The molecular weight excluding hydrogens is 440 g/mol. The number of fused-ring (bicyclic) bond motifs is 1. The molecule has 2 aromatic carbocycles. The third kappa shape index (κ3) is 4.15. The van der Waals surface area contributed by atoms with Crippen molar-refractivity contribution < 1.29 is 9.21 Å². The number of aryl methyl sites for hydroxylation is 1. The molecule has 0 saturated heterocycles. The zero-order valence-corrected chi connectivity index (χ0v) is 18.7. The van der Waals surface area contributed by atoms with Crippen LogP contribution in [0.1, 0.15) is 23.0 Å². The van der Waals surface area contributed by atoms with Crippen LogP contribution >= 0.6 is 23.1 Å². The molecule has 1 amide bonds. The van der Waals surface area contributed by atoms with E-state index in [1.165, 1.54) is 23.1 Å². The highest BCUT2D eigenvalue weighted by Gasteiger charge is 2.19. The number of para-hydroxylation sites is 1. The van der Waals surface area contributed by atoms with Gasteiger partial charge in [0.2, 0.25) is 5.13 Å². The highest BCUT2D eigenvalue weighted by atomic mass is 32.2. The van der Waals surface area contributed by atoms with Gasteiger partial charge < -0.3 is 4.42 Å². The summed E-state index contributed by atoms with van der Waals surface area (Å²) in [6, 6.07) is 21.4. The Labute approximate surface area is 192 Å². The third-order valence-electron chi connectivity index (χ3n) is 4.87. The van der Waals surface area contributed by atoms with Crippen molar-refractivity contribution in [3.8, 4) is 11.3 Å². The van der Waals surface area contributed by atoms with E-state index in [2.05, 4.69) is 20.5 Å². The summed E-state index contributed by atoms with van der Waals surface area (Å²) in [5.41, 5.74) is 2.37. The third-order valence-corrected chi connectivity index (χ3v) is 6.83. The van der Waals surface area contributed by atoms with Crippen LogP contribution in [0.5, 0.6) is 0 Å². The Morgan fingerprint density at radius 3 is 2.72 bits per heavy atom. The quantitative estimate of drug-likeness (QED) is 0.300. The van der Waals surface area contributed by atoms with Crippen LogP contribution in [0.25, 0.3) is 22.2 Å². The number of carbonyl (C=O) groups is 1. The fourth-order valence-corrected chi connectivity index (χ4v) is 5.17. The molecule has 5 rings (SSSR count). The number of benzene rings is 2. The van der Waals surface area contributed by atoms with Crippen molar-refractivity contribution in [1.82, 2.24) is 15.2 Å². The minimum atomic E-state index is -0.255. The molecule has 5 aromatic rings. The number of nitrogens with one attached hydrogen (secondary N) is 1. The maximum absolute atomic E-state index is 12.9. The number of hydrogen-bond donors (Lipinski definition) is 1. The first-order valence-electron chi connectivity index (χ1n) is 10.1. The molecule has 0 unspecified atom stereocenters. The van der Waals surface area contributed by atoms with Gasteiger partial charge in [0.25, 0.3) is 5.91 Å². The van der Waals surface area contributed by atoms with Crippen LogP contribution < -0.4 is 5.32 Å². The zero-order chi connectivity index (χ0) is 21.9. The van der Waals surface area contributed by atoms with Gasteiger partial charge in [-0.1, -0.05) is 78.6 Å². The predicted molar refractivity (Wildman–Crippen MR) is 127 cm³/mol. The monoisotopic (exact) mass is 458 g/mol. The highest BCUT2D eigenvalue weighted by Crippen LogP contribution is 2.35. The lowest BCUT2D eigenvalue weighted by atomic mass is 10.1. The van der Waals surface area contributed by atoms with E-state index < -0.39 is 0 Å². The molecule has 0 spiro atoms. The second-order valence-electron chi connectivity index (χ2n) is 6.92. The smallest absolute Gasteiger partial charge is 0.261 e. The molecule has 0 bridgehead atoms. The second-order valence-corrected chi connectivity index (χ2v) is 9.19. The van der Waals surface area contributed by atoms with Gasteiger partial charge in [0.15, 0.2) is 4.34 Å². The van der Waals surface area contributed by atoms with Crippen LogP contribution in [0.15, 0.2) is 86.6 Å². The van der Waals surface area contributed by atoms with Crippen LogP contribution in [0.2, 0.25) is 0 Å². The second kappa shape index (κ2) is 8.94. The first kappa shape index (κ1) is 20.4. The normalized spacial score (nSPS) is 11.0. The molecule has 158 valence electrons. The fraction of sp³-hybridized carbons (Fsp3) is 0.0833. The van der Waals surface area contributed by atoms with E-state index in [1.807, 2.05) is 67.6 Å². The Kier molecular flexibility index (Phi) is 5.70. The first-order valence-corrected chi connectivity index (χ1v) is 11.7. The molecule has 0 aliphatic carbocycles. The van der Waals surface area contributed by atoms with Crippen molar-refractivity contribution in [2.24, 2.45) is 0 Å². The van der Waals surface area contributed by atoms with E-state index in [0.29, 0.717) is 28.6 Å². The van der Waals surface area contributed by atoms with Crippen LogP contribution in [0.3, 0.4) is 0 Å². The van der Waals surface area contributed by atoms with E-state index in [1.54, 1.807) is 12.3 Å². The summed E-state index contributed by atoms with van der Waals surface area (Å²) in [6.07, 6.45) is 2.39. The molecule has 3 aromatic heterocycles. The highest BCUT2D eigenvalue weighted by molar-refractivity contribution is 8.01. The van der Waals surface area contributed by atoms with Gasteiger partial charge in [-0.05, 0) is 18.2 Å². The van der Waals surface area contributed by atoms with Crippen LogP contribution in [-0.2, 0) is 6.42 Å². The number of aromatic nitrogens is 3. The number of hydrogen-bond acceptors (Lipinski definition) is 7. The van der Waals surface area contributed by atoms with E-state index in [-0.39, 0.29) is 5.91 Å². The van der Waals surface area contributed by atoms with E-state index in [0.717, 1.165) is 25.7 Å². The number of amides is 1. The molecule has 32 heavy (non-hydrogen) atoms. The molecule has 8 heteroatoms. The number of pyridine rings is 1. The summed E-state index contributed by atoms with van der Waals surface area (Å²) in [4.78, 5) is 18.4. The van der Waals surface area contributed by atoms with Crippen LogP contribution in [-0.4, -0.2) is 21.1 Å². The van der Waals surface area contributed by atoms with Gasteiger partial charge in [0.1, 0.15) is 11.5 Å². The summed E-state index contributed by atoms with van der Waals surface area (Å²) in [5.74, 6) is 1.06. The van der Waals surface area contributed by atoms with E-state index in [9.17, 15) is 4.79 Å². The van der Waals surface area contributed by atoms with E-state index in [4.69, 9.17) is 4.42 Å². The average molecular weight is 459 g/mol. The van der Waals surface area contributed by atoms with Gasteiger partial charge >= 0.3 is 0 Å². The first-order chi connectivity index (χ1) is 15.7. The standard InChI is InChI=1S/C24H18N4O2S2/c1-2-19-17(14-20(30-19)15-8-4-3-5-9-15)22(29)26-23-27-28-24(32-23)31-21-12-13-25-18-11-7-6-10-16(18)21/h3-14H,2H2,1H3,(H,26,27,29). The molecule has 1 N–H and O–H groups in total. The van der Waals surface area contributed by atoms with Gasteiger partial charge in [-0.15, -0.1) is 10.2 Å². The molecule has 0 radical (unpaired) electrons. The predicted octanol–water partition coefficient (Wildman–Crippen LogP) is 6.31. The maximum Gasteiger partial charge on any atom is 0.261 e. The SMILES string of the molecule is CCc1oc(-c2ccccc2)cc1C(=O)Nc1nnc(Sc2ccnc3ccccc23)s1. The Morgan fingerprint density at radius 2 is 1.88 bits per heavy atom. The number of nitrogens with zero attached hydrogens (tertiary/aromatic N) is 3. The lowest BCUT2D eigenvalue weighted by Gasteiger charge is -2.02. The largest absolute Gasteiger partial charge is 0.460 e. The average Bonchev–Trinajstić information content (AvgIpc) is 3.47. The maximum atomic E-state index is 12.9. The van der Waals surface area contributed by atoms with Crippen LogP contribution in [0, 0.1) is 0 Å². The van der Waals surface area contributed by atoms with Gasteiger partial charge in [-0.3, -0.25) is 15.1 Å². The van der Waals surface area contributed by atoms with Crippen molar-refractivity contribution in [1.29, 1.82) is 0 Å². The molecule has 0 aliphatic heterocycles. The molecule has 0 atom stereocenters. The Hall–Kier alpha value is -3.49. The summed E-state index contributed by atoms with van der Waals surface area (Å²) < 4.78 is 6.67. The van der Waals surface area contributed by atoms with Crippen LogP contribution in [0.4, 0.5) is 5.13 Å². The molecule has 0 aliphatic rings. The van der Waals surface area contributed by atoms with Gasteiger partial charge in [-0.25, -0.2) is 0 Å². The molecule has 0 saturated carbocycles. The van der Waals surface area contributed by atoms with Crippen molar-refractivity contribution >= 4 is 45.0 Å². The minimum absolute atomic E-state index is 0.255. The van der Waals surface area contributed by atoms with Crippen molar-refractivity contribution in [2.45, 2.75) is 22.6 Å². The fourth-order valence-electron chi connectivity index (χ4n) is 3.35. The summed E-state index contributed by atoms with van der Waals surface area (Å²) >= 11 is 2.84. The summed E-state index contributed by atoms with van der Waals surface area (Å²) in [7, 11) is 0. The molecule has 3 heterocycles. The molecule has 0 fully saturated rings. The Bertz CT molecular complexity index is 1390. The Morgan fingerprint density at radius 1 is 1.06 bits per heavy atom. The van der Waals surface area contributed by atoms with Crippen molar-refractivity contribution in [3.05, 3.63) is 84.3 Å². The molecular formula is C24H18N4O2S2. The lowest BCUT2D eigenvalue weighted by Crippen LogP contribution is -2.12. The Balaban J connectivity index is 1.34. The number of carbonyl (C=O) groups excluding carboxylic acids is 1. The van der Waals surface area contributed by atoms with Crippen molar-refractivity contribution in [2.75, 3.05) is 5.32 Å². The zero-order valence-electron chi connectivity index (χ0n) is 17.1. The summed E-state index contributed by atoms with van der Waals surface area (Å²) in [6.45, 7) is 1.96. The molecule has 6 nitrogen and oxygen atoms in total. The van der Waals surface area contributed by atoms with Gasteiger partial charge in [-0.2, -0.15) is 0 Å². The lowest BCUT2D eigenvalue weighted by molar-refractivity contribution is 0.102. The van der Waals surface area contributed by atoms with Gasteiger partial charge in [0.05, 0.1) is 11.1 Å². The van der Waals surface area contributed by atoms with Gasteiger partial charge in [0, 0.05) is 28.5 Å². The number of anilines is 1.